The molecule has 3 aromatic rings. The molecule has 36 heavy (non-hydrogen) atoms. The van der Waals surface area contributed by atoms with Gasteiger partial charge in [0.2, 0.25) is 5.95 Å². The van der Waals surface area contributed by atoms with Gasteiger partial charge in [-0.3, -0.25) is 0 Å². The minimum absolute atomic E-state index is 0.202. The molecule has 1 aliphatic carbocycles. The van der Waals surface area contributed by atoms with Crippen molar-refractivity contribution in [3.63, 3.8) is 0 Å². The quantitative estimate of drug-likeness (QED) is 0.285. The largest absolute Gasteiger partial charge is 0.393 e. The van der Waals surface area contributed by atoms with Crippen molar-refractivity contribution in [1.29, 1.82) is 0 Å². The third kappa shape index (κ3) is 6.92. The van der Waals surface area contributed by atoms with E-state index in [-0.39, 0.29) is 24.2 Å². The summed E-state index contributed by atoms with van der Waals surface area (Å²) in [5.41, 5.74) is 3.47. The molecule has 0 radical (unpaired) electrons. The van der Waals surface area contributed by atoms with Gasteiger partial charge in [-0.2, -0.15) is 0 Å². The number of benzene rings is 1. The molecule has 0 atom stereocenters. The number of thiazole rings is 1. The van der Waals surface area contributed by atoms with Crippen LogP contribution in [0, 0.1) is 0 Å². The number of rotatable bonds is 9. The summed E-state index contributed by atoms with van der Waals surface area (Å²) in [4.78, 5) is 27.2. The molecular weight excluding hydrogens is 474 g/mol. The van der Waals surface area contributed by atoms with Crippen molar-refractivity contribution in [1.82, 2.24) is 25.6 Å². The van der Waals surface area contributed by atoms with Crippen molar-refractivity contribution in [2.45, 2.75) is 71.2 Å². The maximum atomic E-state index is 12.0. The van der Waals surface area contributed by atoms with Gasteiger partial charge in [-0.15, -0.1) is 0 Å². The molecule has 4 rings (SSSR count). The SMILES string of the molecule is CCNC(=O)NCc1ccccc1-c1cc(-c2cnc(NC(C)C)s2)nc(N[C@H]2CC[C@H](O)CC2)n1. The van der Waals surface area contributed by atoms with E-state index in [9.17, 15) is 9.90 Å². The summed E-state index contributed by atoms with van der Waals surface area (Å²) in [5.74, 6) is 0.558. The van der Waals surface area contributed by atoms with Gasteiger partial charge in [0.05, 0.1) is 22.4 Å². The van der Waals surface area contributed by atoms with Crippen molar-refractivity contribution >= 4 is 28.4 Å². The Morgan fingerprint density at radius 2 is 1.86 bits per heavy atom. The fourth-order valence-corrected chi connectivity index (χ4v) is 5.13. The zero-order chi connectivity index (χ0) is 25.5. The number of hydrogen-bond donors (Lipinski definition) is 5. The second-order valence-corrected chi connectivity index (χ2v) is 10.3. The van der Waals surface area contributed by atoms with Crippen LogP contribution in [0.25, 0.3) is 21.8 Å². The van der Waals surface area contributed by atoms with Gasteiger partial charge >= 0.3 is 6.03 Å². The first-order chi connectivity index (χ1) is 17.4. The topological polar surface area (TPSA) is 124 Å². The van der Waals surface area contributed by atoms with Crippen molar-refractivity contribution < 1.29 is 9.90 Å². The first-order valence-electron chi connectivity index (χ1n) is 12.6. The van der Waals surface area contributed by atoms with Gasteiger partial charge in [0.25, 0.3) is 0 Å². The Hall–Kier alpha value is -3.24. The standard InChI is InChI=1S/C26H35N7O2S/c1-4-27-25(35)28-14-17-7-5-6-8-20(17)21-13-22(23-15-29-26(36-23)30-16(2)3)33-24(32-21)31-18-9-11-19(34)12-10-18/h5-8,13,15-16,18-19,34H,4,9-12,14H2,1-3H3,(H,29,30)(H2,27,28,35)(H,31,32,33)/t18-,19-. The van der Waals surface area contributed by atoms with E-state index in [0.29, 0.717) is 19.0 Å². The zero-order valence-corrected chi connectivity index (χ0v) is 21.9. The molecule has 9 nitrogen and oxygen atoms in total. The van der Waals surface area contributed by atoms with E-state index in [1.54, 1.807) is 11.3 Å². The van der Waals surface area contributed by atoms with Crippen molar-refractivity contribution in [3.8, 4) is 21.8 Å². The molecule has 192 valence electrons. The highest BCUT2D eigenvalue weighted by molar-refractivity contribution is 7.18. The van der Waals surface area contributed by atoms with Crippen LogP contribution in [0.4, 0.5) is 15.9 Å². The van der Waals surface area contributed by atoms with E-state index in [1.165, 1.54) is 0 Å². The van der Waals surface area contributed by atoms with E-state index in [2.05, 4.69) is 40.1 Å². The van der Waals surface area contributed by atoms with Crippen molar-refractivity contribution in [2.75, 3.05) is 17.2 Å². The van der Waals surface area contributed by atoms with Gasteiger partial charge < -0.3 is 26.4 Å². The van der Waals surface area contributed by atoms with Crippen LogP contribution in [0.2, 0.25) is 0 Å². The number of nitrogens with zero attached hydrogens (tertiary/aromatic N) is 3. The molecule has 0 saturated heterocycles. The minimum atomic E-state index is -0.223. The maximum Gasteiger partial charge on any atom is 0.315 e. The molecular formula is C26H35N7O2S. The lowest BCUT2D eigenvalue weighted by atomic mass is 9.93. The Bertz CT molecular complexity index is 1160. The van der Waals surface area contributed by atoms with Crippen LogP contribution in [-0.2, 0) is 6.54 Å². The molecule has 1 aliphatic rings. The zero-order valence-electron chi connectivity index (χ0n) is 21.0. The van der Waals surface area contributed by atoms with Crippen LogP contribution < -0.4 is 21.3 Å². The molecule has 1 aromatic carbocycles. The van der Waals surface area contributed by atoms with Crippen LogP contribution in [0.5, 0.6) is 0 Å². The third-order valence-corrected chi connectivity index (χ3v) is 6.95. The number of carbonyl (C=O) groups excluding carboxylic acids is 1. The number of nitrogens with one attached hydrogen (secondary N) is 4. The van der Waals surface area contributed by atoms with Gasteiger partial charge in [0.1, 0.15) is 0 Å². The summed E-state index contributed by atoms with van der Waals surface area (Å²) in [7, 11) is 0. The van der Waals surface area contributed by atoms with Crippen LogP contribution in [0.15, 0.2) is 36.5 Å². The molecule has 2 aromatic heterocycles. The second-order valence-electron chi connectivity index (χ2n) is 9.31. The molecule has 0 spiro atoms. The number of carbonyl (C=O) groups is 1. The van der Waals surface area contributed by atoms with Crippen LogP contribution in [-0.4, -0.2) is 50.8 Å². The first-order valence-corrected chi connectivity index (χ1v) is 13.4. The number of aromatic nitrogens is 3. The van der Waals surface area contributed by atoms with E-state index in [1.807, 2.05) is 43.5 Å². The van der Waals surface area contributed by atoms with Gasteiger partial charge in [0.15, 0.2) is 5.13 Å². The van der Waals surface area contributed by atoms with Crippen LogP contribution >= 0.6 is 11.3 Å². The van der Waals surface area contributed by atoms with Crippen molar-refractivity contribution in [2.24, 2.45) is 0 Å². The summed E-state index contributed by atoms with van der Waals surface area (Å²) >= 11 is 1.56. The van der Waals surface area contributed by atoms with E-state index < -0.39 is 0 Å². The fraction of sp³-hybridized carbons (Fsp3) is 0.462. The second kappa shape index (κ2) is 12.1. The highest BCUT2D eigenvalue weighted by atomic mass is 32.1. The highest BCUT2D eigenvalue weighted by Gasteiger charge is 2.21. The van der Waals surface area contributed by atoms with Gasteiger partial charge in [-0.05, 0) is 58.1 Å². The number of hydrogen-bond acceptors (Lipinski definition) is 8. The molecule has 1 fully saturated rings. The summed E-state index contributed by atoms with van der Waals surface area (Å²) < 4.78 is 0. The molecule has 0 aliphatic heterocycles. The first kappa shape index (κ1) is 25.8. The van der Waals surface area contributed by atoms with Gasteiger partial charge in [0, 0.05) is 36.9 Å². The monoisotopic (exact) mass is 509 g/mol. The fourth-order valence-electron chi connectivity index (χ4n) is 4.21. The minimum Gasteiger partial charge on any atom is -0.393 e. The average Bonchev–Trinajstić information content (AvgIpc) is 3.32. The van der Waals surface area contributed by atoms with Crippen LogP contribution in [0.3, 0.4) is 0 Å². The van der Waals surface area contributed by atoms with Crippen molar-refractivity contribution in [3.05, 3.63) is 42.1 Å². The molecule has 2 amide bonds. The number of anilines is 2. The molecule has 5 N–H and O–H groups in total. The van der Waals surface area contributed by atoms with Gasteiger partial charge in [-0.25, -0.2) is 19.7 Å². The Kier molecular flexibility index (Phi) is 8.71. The number of aliphatic hydroxyl groups is 1. The lowest BCUT2D eigenvalue weighted by Gasteiger charge is -2.26. The Balaban J connectivity index is 1.67. The van der Waals surface area contributed by atoms with Crippen LogP contribution in [0.1, 0.15) is 52.0 Å². The lowest BCUT2D eigenvalue weighted by molar-refractivity contribution is 0.126. The number of amides is 2. The summed E-state index contributed by atoms with van der Waals surface area (Å²) in [6.45, 7) is 7.00. The Morgan fingerprint density at radius 3 is 2.61 bits per heavy atom. The smallest absolute Gasteiger partial charge is 0.315 e. The molecule has 0 unspecified atom stereocenters. The van der Waals surface area contributed by atoms with E-state index >= 15 is 0 Å². The lowest BCUT2D eigenvalue weighted by Crippen LogP contribution is -2.34. The highest BCUT2D eigenvalue weighted by Crippen LogP contribution is 2.33. The third-order valence-electron chi connectivity index (χ3n) is 6.00. The summed E-state index contributed by atoms with van der Waals surface area (Å²) in [5, 5.41) is 23.3. The number of aliphatic hydroxyl groups excluding tert-OH is 1. The van der Waals surface area contributed by atoms with E-state index in [0.717, 1.165) is 58.2 Å². The predicted molar refractivity (Wildman–Crippen MR) is 145 cm³/mol. The summed E-state index contributed by atoms with van der Waals surface area (Å²) in [6, 6.07) is 10.2. The molecule has 1 saturated carbocycles. The Labute approximate surface area is 216 Å². The van der Waals surface area contributed by atoms with E-state index in [4.69, 9.17) is 9.97 Å². The molecule has 2 heterocycles. The van der Waals surface area contributed by atoms with Gasteiger partial charge in [-0.1, -0.05) is 35.6 Å². The summed E-state index contributed by atoms with van der Waals surface area (Å²) in [6.07, 6.45) is 4.92. The molecule has 10 heteroatoms. The normalized spacial score (nSPS) is 17.6. The number of urea groups is 1. The average molecular weight is 510 g/mol. The Morgan fingerprint density at radius 1 is 1.11 bits per heavy atom. The molecule has 0 bridgehead atoms. The predicted octanol–water partition coefficient (Wildman–Crippen LogP) is 4.62. The maximum absolute atomic E-state index is 12.0.